The van der Waals surface area contributed by atoms with E-state index in [-0.39, 0.29) is 46.1 Å². The molecule has 2 saturated heterocycles. The van der Waals surface area contributed by atoms with Crippen molar-refractivity contribution >= 4 is 45.6 Å². The van der Waals surface area contributed by atoms with Crippen molar-refractivity contribution in [1.29, 1.82) is 0 Å². The summed E-state index contributed by atoms with van der Waals surface area (Å²) < 4.78 is 14.6. The van der Waals surface area contributed by atoms with Gasteiger partial charge < -0.3 is 9.47 Å². The van der Waals surface area contributed by atoms with Crippen LogP contribution in [0.25, 0.3) is 0 Å². The molecule has 450 valence electrons. The molecule has 0 saturated carbocycles. The molecule has 0 N–H and O–H groups in total. The molecule has 6 nitrogen and oxygen atoms in total. The second-order valence-corrected chi connectivity index (χ2v) is 30.8. The lowest BCUT2D eigenvalue weighted by Gasteiger charge is -2.40. The maximum absolute atomic E-state index is 7.43. The Kier molecular flexibility index (Phi) is 21.4. The molecule has 2 aliphatic heterocycles. The monoisotopic (exact) mass is 1110 g/mol. The van der Waals surface area contributed by atoms with E-state index in [1.807, 2.05) is 0 Å². The first-order chi connectivity index (χ1) is 37.9. The van der Waals surface area contributed by atoms with Crippen LogP contribution in [0.1, 0.15) is 317 Å². The lowest BCUT2D eigenvalue weighted by molar-refractivity contribution is -0.00860. The van der Waals surface area contributed by atoms with E-state index in [4.69, 9.17) is 29.4 Å². The third-order valence-corrected chi connectivity index (χ3v) is 17.9. The molecule has 82 heavy (non-hydrogen) atoms. The molecule has 0 radical (unpaired) electrons. The standard InChI is InChI=1S/C76H114N4O2/c1-44(2)55-39-57(46(5)6)69(58(40-55)47(7)8)77-52(15)67-37-54(38-68(82-67)53(16)78-70-59(48(9)10)41-56(45(3)4)42-60(70)49(11)12)43-76(26,27)64-34-29-33-63(75(23,24)25)72(64)80-51(14)66-36-30-35-65(81-66)50(13)79-71-61(73(17,18)19)31-28-32-62(71)74(20,21)22/h28-29,31-34,39-42,44-49,54,65-68H,30,35-38,43H2,1-27H3/b77-52+,78-53+,79-50+,80-51+. The average Bonchev–Trinajstić information content (AvgIpc) is 3.58. The van der Waals surface area contributed by atoms with E-state index in [9.17, 15) is 0 Å². The van der Waals surface area contributed by atoms with E-state index in [2.05, 4.69) is 248 Å². The van der Waals surface area contributed by atoms with E-state index < -0.39 is 0 Å². The predicted octanol–water partition coefficient (Wildman–Crippen LogP) is 22.6. The molecule has 0 aromatic heterocycles. The zero-order valence-electron chi connectivity index (χ0n) is 57.0. The molecule has 6 rings (SSSR count). The first-order valence-electron chi connectivity index (χ1n) is 32.1. The molecule has 4 aromatic carbocycles. The third-order valence-electron chi connectivity index (χ3n) is 17.9. The molecular formula is C76H114N4O2. The summed E-state index contributed by atoms with van der Waals surface area (Å²) >= 11 is 0. The molecular weight excluding hydrogens is 1000 g/mol. The molecule has 6 heteroatoms. The van der Waals surface area contributed by atoms with Crippen LogP contribution in [0.2, 0.25) is 0 Å². The van der Waals surface area contributed by atoms with Gasteiger partial charge in [-0.25, -0.2) is 0 Å². The maximum atomic E-state index is 7.43. The van der Waals surface area contributed by atoms with E-state index in [0.29, 0.717) is 41.4 Å². The summed E-state index contributed by atoms with van der Waals surface area (Å²) in [4.78, 5) is 22.7. The van der Waals surface area contributed by atoms with E-state index in [1.54, 1.807) is 0 Å². The van der Waals surface area contributed by atoms with Gasteiger partial charge in [0, 0.05) is 22.8 Å². The number of benzene rings is 4. The number of nitrogens with zero attached hydrogens (tertiary/aromatic N) is 4. The van der Waals surface area contributed by atoms with Crippen LogP contribution in [-0.2, 0) is 31.1 Å². The van der Waals surface area contributed by atoms with Crippen LogP contribution >= 0.6 is 0 Å². The first-order valence-corrected chi connectivity index (χ1v) is 32.1. The molecule has 0 aliphatic carbocycles. The highest BCUT2D eigenvalue weighted by molar-refractivity contribution is 5.94. The van der Waals surface area contributed by atoms with Crippen LogP contribution in [0.5, 0.6) is 0 Å². The SMILES string of the molecule is C/C(=N\c1c(C(C)C)cc(C(C)C)cc1C(C)C)C1CC(CC(C)(C)c2cccc(C(C)(C)C)c2/N=C(\C)C2CCCC(/C(C)=N/c3c(C(C)(C)C)cccc3C(C)(C)C)O2)CC(/C(C)=N/c2c(C(C)C)cc(C(C)C)cc2C(C)C)O1. The molecule has 2 heterocycles. The number of hydrogen-bond acceptors (Lipinski definition) is 6. The van der Waals surface area contributed by atoms with Crippen LogP contribution < -0.4 is 0 Å². The van der Waals surface area contributed by atoms with Crippen molar-refractivity contribution in [3.63, 3.8) is 0 Å². The van der Waals surface area contributed by atoms with Gasteiger partial charge in [0.05, 0.1) is 47.2 Å². The molecule has 0 spiro atoms. The van der Waals surface area contributed by atoms with E-state index in [0.717, 1.165) is 84.1 Å². The van der Waals surface area contributed by atoms with Gasteiger partial charge in [0.2, 0.25) is 0 Å². The van der Waals surface area contributed by atoms with Gasteiger partial charge in [0.15, 0.2) is 0 Å². The zero-order valence-corrected chi connectivity index (χ0v) is 57.0. The average molecular weight is 1120 g/mol. The molecule has 4 atom stereocenters. The van der Waals surface area contributed by atoms with Gasteiger partial charge in [0.25, 0.3) is 0 Å². The van der Waals surface area contributed by atoms with Crippen LogP contribution in [0.15, 0.2) is 80.6 Å². The van der Waals surface area contributed by atoms with Crippen LogP contribution in [0.3, 0.4) is 0 Å². The second-order valence-electron chi connectivity index (χ2n) is 30.8. The Hall–Kier alpha value is -4.52. The summed E-state index contributed by atoms with van der Waals surface area (Å²) in [6, 6.07) is 23.3. The molecule has 0 amide bonds. The fourth-order valence-corrected chi connectivity index (χ4v) is 12.8. The minimum atomic E-state index is -0.247. The first kappa shape index (κ1) is 66.6. The fraction of sp³-hybridized carbons (Fsp3) is 0.632. The fourth-order valence-electron chi connectivity index (χ4n) is 12.8. The van der Waals surface area contributed by atoms with Gasteiger partial charge in [-0.15, -0.1) is 0 Å². The minimum Gasteiger partial charge on any atom is -0.363 e. The smallest absolute Gasteiger partial charge is 0.0964 e. The molecule has 4 aromatic rings. The van der Waals surface area contributed by atoms with Crippen molar-refractivity contribution in [2.45, 2.75) is 307 Å². The van der Waals surface area contributed by atoms with Gasteiger partial charge in [-0.05, 0) is 185 Å². The van der Waals surface area contributed by atoms with Gasteiger partial charge in [-0.1, -0.05) is 220 Å². The van der Waals surface area contributed by atoms with Gasteiger partial charge in [-0.3, -0.25) is 20.0 Å². The predicted molar refractivity (Wildman–Crippen MR) is 359 cm³/mol. The summed E-state index contributed by atoms with van der Waals surface area (Å²) in [5.41, 5.74) is 21.3. The number of hydrogen-bond donors (Lipinski definition) is 0. The van der Waals surface area contributed by atoms with E-state index in [1.165, 1.54) is 55.6 Å². The maximum Gasteiger partial charge on any atom is 0.0964 e. The van der Waals surface area contributed by atoms with Gasteiger partial charge >= 0.3 is 0 Å². The molecule has 0 bridgehead atoms. The molecule has 4 unspecified atom stereocenters. The van der Waals surface area contributed by atoms with Crippen LogP contribution in [-0.4, -0.2) is 47.3 Å². The van der Waals surface area contributed by atoms with Crippen molar-refractivity contribution in [1.82, 2.24) is 0 Å². The highest BCUT2D eigenvalue weighted by Gasteiger charge is 2.39. The Balaban J connectivity index is 1.44. The Morgan fingerprint density at radius 3 is 0.988 bits per heavy atom. The lowest BCUT2D eigenvalue weighted by atomic mass is 9.71. The van der Waals surface area contributed by atoms with E-state index >= 15 is 0 Å². The second kappa shape index (κ2) is 26.4. The summed E-state index contributed by atoms with van der Waals surface area (Å²) in [6.45, 7) is 62.2. The van der Waals surface area contributed by atoms with Gasteiger partial charge in [-0.2, -0.15) is 0 Å². The Morgan fingerprint density at radius 2 is 0.683 bits per heavy atom. The largest absolute Gasteiger partial charge is 0.363 e. The molecule has 2 fully saturated rings. The number of rotatable bonds is 17. The number of aliphatic imine (C=N–C) groups is 4. The highest BCUT2D eigenvalue weighted by Crippen LogP contribution is 2.47. The van der Waals surface area contributed by atoms with Crippen molar-refractivity contribution in [2.75, 3.05) is 0 Å². The van der Waals surface area contributed by atoms with Crippen molar-refractivity contribution in [3.05, 3.63) is 116 Å². The van der Waals surface area contributed by atoms with Crippen LogP contribution in [0.4, 0.5) is 22.7 Å². The minimum absolute atomic E-state index is 0.0497. The Morgan fingerprint density at radius 1 is 0.402 bits per heavy atom. The zero-order chi connectivity index (χ0) is 61.3. The quantitative estimate of drug-likeness (QED) is 0.0989. The summed E-state index contributed by atoms with van der Waals surface area (Å²) in [6.07, 6.45) is 5.09. The van der Waals surface area contributed by atoms with Crippen LogP contribution in [0, 0.1) is 5.92 Å². The summed E-state index contributed by atoms with van der Waals surface area (Å²) in [5.74, 6) is 2.49. The van der Waals surface area contributed by atoms with Crippen molar-refractivity contribution in [3.8, 4) is 0 Å². The Bertz CT molecular complexity index is 2800. The summed E-state index contributed by atoms with van der Waals surface area (Å²) in [7, 11) is 0. The number of ether oxygens (including phenoxy) is 2. The van der Waals surface area contributed by atoms with Crippen molar-refractivity contribution < 1.29 is 9.47 Å². The topological polar surface area (TPSA) is 67.9 Å². The molecule has 2 aliphatic rings. The van der Waals surface area contributed by atoms with Gasteiger partial charge in [0.1, 0.15) is 0 Å². The Labute approximate surface area is 501 Å². The third kappa shape index (κ3) is 15.9. The normalized spacial score (nSPS) is 20.7. The highest BCUT2D eigenvalue weighted by atomic mass is 16.5. The van der Waals surface area contributed by atoms with Crippen molar-refractivity contribution in [2.24, 2.45) is 25.9 Å². The number of para-hydroxylation sites is 2. The lowest BCUT2D eigenvalue weighted by Crippen LogP contribution is -2.41. The summed E-state index contributed by atoms with van der Waals surface area (Å²) in [5, 5.41) is 0.